The van der Waals surface area contributed by atoms with Crippen molar-refractivity contribution in [1.82, 2.24) is 0 Å². The summed E-state index contributed by atoms with van der Waals surface area (Å²) in [7, 11) is -4.92. The van der Waals surface area contributed by atoms with Crippen LogP contribution in [-0.4, -0.2) is 77.4 Å². The second-order valence-electron chi connectivity index (χ2n) is 0.651. The fraction of sp³-hybridized carbons (Fsp3) is 0. The molecule has 21 N–H and O–H groups in total. The van der Waals surface area contributed by atoms with E-state index in [1.807, 2.05) is 0 Å². The van der Waals surface area contributed by atoms with Crippen molar-refractivity contribution in [2.24, 2.45) is 0 Å². The van der Waals surface area contributed by atoms with Gasteiger partial charge in [-0.3, -0.25) is 4.55 Å². The zero-order chi connectivity index (χ0) is 8.08. The summed E-state index contributed by atoms with van der Waals surface area (Å²) in [6.45, 7) is 0. The maximum absolute atomic E-state index is 8.63. The van der Waals surface area contributed by atoms with Crippen LogP contribution in [0.25, 0.3) is 0 Å². The molecule has 0 amide bonds. The Morgan fingerprint density at radius 3 is 0.714 bits per heavy atom. The molecule has 0 aromatic carbocycles. The fourth-order valence-electron chi connectivity index (χ4n) is 0. The van der Waals surface area contributed by atoms with Gasteiger partial charge in [0.05, 0.1) is 5.09 Å². The van der Waals surface area contributed by atoms with Gasteiger partial charge in [0.15, 0.2) is 0 Å². The first-order chi connectivity index (χ1) is 3.73. The van der Waals surface area contributed by atoms with Gasteiger partial charge in [-0.15, -0.1) is 0 Å². The van der Waals surface area contributed by atoms with E-state index in [1.165, 1.54) is 0 Å². The Bertz CT molecular complexity index is 165. The smallest absolute Gasteiger partial charge is 0.726 e. The molecule has 21 heteroatoms. The summed E-state index contributed by atoms with van der Waals surface area (Å²) in [6, 6.07) is 0. The molecule has 0 heterocycles. The molecule has 0 aliphatic heterocycles. The molecular weight excluding hydrogens is 380 g/mol. The minimum Gasteiger partial charge on any atom is -0.726 e. The normalized spacial score (nSPS) is 3.90. The van der Waals surface area contributed by atoms with Gasteiger partial charge in [-0.25, -0.2) is 8.42 Å². The third kappa shape index (κ3) is 4650. The molecule has 0 fully saturated rings. The van der Waals surface area contributed by atoms with Crippen LogP contribution < -0.4 is 80.9 Å². The van der Waals surface area contributed by atoms with E-state index in [4.69, 9.17) is 32.8 Å². The second kappa shape index (κ2) is 82.7. The Morgan fingerprint density at radius 1 is 0.714 bits per heavy atom. The van der Waals surface area contributed by atoms with Crippen molar-refractivity contribution >= 4 is 10.4 Å². The van der Waals surface area contributed by atoms with Crippen molar-refractivity contribution < 1.29 is 158 Å². The minimum atomic E-state index is -4.92. The van der Waals surface area contributed by atoms with Crippen LogP contribution in [0.2, 0.25) is 0 Å². The zero-order valence-corrected chi connectivity index (χ0v) is 16.7. The van der Waals surface area contributed by atoms with Crippen LogP contribution in [0.1, 0.15) is 0 Å². The average molecular weight is 401 g/mol. The molecule has 21 heavy (non-hydrogen) atoms. The van der Waals surface area contributed by atoms with E-state index in [2.05, 4.69) is 0 Å². The van der Waals surface area contributed by atoms with Crippen molar-refractivity contribution in [3.8, 4) is 0 Å². The van der Waals surface area contributed by atoms with Crippen molar-refractivity contribution in [2.45, 2.75) is 0 Å². The molecule has 0 aliphatic rings. The summed E-state index contributed by atoms with van der Waals surface area (Å²) in [5.74, 6) is 0. The van der Waals surface area contributed by atoms with Crippen molar-refractivity contribution in [3.63, 3.8) is 0 Å². The van der Waals surface area contributed by atoms with Crippen LogP contribution in [0.4, 0.5) is 0 Å². The van der Waals surface area contributed by atoms with Crippen LogP contribution >= 0.6 is 0 Å². The Morgan fingerprint density at radius 2 is 0.714 bits per heavy atom. The number of nitrogens with zero attached hydrogens (tertiary/aromatic N) is 1. The molecular formula is H21KNNaO17S. The van der Waals surface area contributed by atoms with E-state index in [0.717, 1.165) is 0 Å². The fourth-order valence-corrected chi connectivity index (χ4v) is 0. The molecule has 0 atom stereocenters. The number of rotatable bonds is 0. The molecule has 0 radical (unpaired) electrons. The van der Waals surface area contributed by atoms with Gasteiger partial charge in [0.1, 0.15) is 0 Å². The third-order valence-corrected chi connectivity index (χ3v) is 0. The molecule has 0 saturated heterocycles. The molecule has 0 aromatic rings. The van der Waals surface area contributed by atoms with Crippen LogP contribution in [0.3, 0.4) is 0 Å². The van der Waals surface area contributed by atoms with Gasteiger partial charge in [-0.2, -0.15) is 0 Å². The van der Waals surface area contributed by atoms with E-state index in [0.29, 0.717) is 0 Å². The predicted molar refractivity (Wildman–Crippen MR) is 58.8 cm³/mol. The average Bonchev–Trinajstić information content (AvgIpc) is 1.19. The monoisotopic (exact) mass is 401 g/mol. The quantitative estimate of drug-likeness (QED) is 0.134. The predicted octanol–water partition coefficient (Wildman–Crippen LogP) is -15.5. The second-order valence-corrected chi connectivity index (χ2v) is 1.51. The van der Waals surface area contributed by atoms with Gasteiger partial charge >= 0.3 is 80.9 Å². The van der Waals surface area contributed by atoms with Gasteiger partial charge in [-0.1, -0.05) is 0 Å². The molecule has 0 saturated carbocycles. The first-order valence-corrected chi connectivity index (χ1v) is 2.60. The first kappa shape index (κ1) is 147. The SMILES string of the molecule is O.O.O.O.O.O.O.O.O.O.O=S(=O)([O-])O.O=[N+]([O-])[O-].[K+].[Na+]. The van der Waals surface area contributed by atoms with Crippen LogP contribution in [0, 0.1) is 15.3 Å². The molecule has 0 spiro atoms. The molecule has 0 aliphatic carbocycles. The van der Waals surface area contributed by atoms with E-state index >= 15 is 0 Å². The zero-order valence-electron chi connectivity index (χ0n) is 10.8. The largest absolute Gasteiger partial charge is 1.00 e. The summed E-state index contributed by atoms with van der Waals surface area (Å²) < 4.78 is 32.8. The third-order valence-electron chi connectivity index (χ3n) is 0. The summed E-state index contributed by atoms with van der Waals surface area (Å²) in [5.41, 5.74) is 0. The van der Waals surface area contributed by atoms with Crippen LogP contribution in [0.15, 0.2) is 0 Å². The van der Waals surface area contributed by atoms with Gasteiger partial charge < -0.3 is 74.6 Å². The van der Waals surface area contributed by atoms with E-state index in [-0.39, 0.29) is 136 Å². The summed E-state index contributed by atoms with van der Waals surface area (Å²) >= 11 is 0. The Balaban J connectivity index is -0.00000000249. The molecule has 0 rings (SSSR count). The Labute approximate surface area is 182 Å². The molecule has 136 valence electrons. The first-order valence-electron chi connectivity index (χ1n) is 1.23. The topological polar surface area (TPSA) is 459 Å². The molecule has 0 aromatic heterocycles. The molecule has 0 bridgehead atoms. The summed E-state index contributed by atoms with van der Waals surface area (Å²) in [4.78, 5) is 8.25. The van der Waals surface area contributed by atoms with Gasteiger partial charge in [-0.05, 0) is 0 Å². The Kier molecular flexibility index (Phi) is 578. The van der Waals surface area contributed by atoms with Crippen LogP contribution in [0.5, 0.6) is 0 Å². The molecule has 18 nitrogen and oxygen atoms in total. The van der Waals surface area contributed by atoms with Gasteiger partial charge in [0.25, 0.3) is 0 Å². The van der Waals surface area contributed by atoms with Crippen molar-refractivity contribution in [2.75, 3.05) is 0 Å². The van der Waals surface area contributed by atoms with E-state index in [1.54, 1.807) is 0 Å². The molecule has 0 unspecified atom stereocenters. The van der Waals surface area contributed by atoms with Crippen LogP contribution in [-0.2, 0) is 10.4 Å². The maximum Gasteiger partial charge on any atom is 1.00 e. The van der Waals surface area contributed by atoms with Crippen molar-refractivity contribution in [1.29, 1.82) is 0 Å². The maximum atomic E-state index is 8.63. The van der Waals surface area contributed by atoms with Crippen molar-refractivity contribution in [3.05, 3.63) is 15.3 Å². The van der Waals surface area contributed by atoms with Gasteiger partial charge in [0, 0.05) is 0 Å². The number of hydrogen-bond donors (Lipinski definition) is 1. The van der Waals surface area contributed by atoms with Gasteiger partial charge in [0.2, 0.25) is 10.4 Å². The Hall–Kier alpha value is 1.31. The van der Waals surface area contributed by atoms with E-state index in [9.17, 15) is 0 Å². The van der Waals surface area contributed by atoms with E-state index < -0.39 is 15.5 Å². The summed E-state index contributed by atoms with van der Waals surface area (Å²) in [5, 5.41) is 14.8. The standard InChI is InChI=1S/K.NO3.Na.H2O4S.10H2O/c;2-1(3)4;;1-5(2,3)4;;;;;;;;;;/h;;;(H2,1,2,3,4);10*1H2/q+1;-1;+1;;;;;;;;;;;/p-1. The summed E-state index contributed by atoms with van der Waals surface area (Å²) in [6.07, 6.45) is 0. The number of hydrogen-bond acceptors (Lipinski definition) is 6. The minimum absolute atomic E-state index is 0.